The van der Waals surface area contributed by atoms with Gasteiger partial charge in [0.25, 0.3) is 0 Å². The molecule has 0 aromatic carbocycles. The Balaban J connectivity index is 2.52. The number of carboxylic acids is 1. The Labute approximate surface area is 114 Å². The number of Topliss-reactive ketones (excluding diaryl/α,β-unsaturated/α-hetero) is 1. The molecule has 0 bridgehead atoms. The van der Waals surface area contributed by atoms with Gasteiger partial charge < -0.3 is 15.2 Å². The number of carbonyl (C=O) groups excluding carboxylic acids is 2. The molecular weight excluding hydrogens is 270 g/mol. The summed E-state index contributed by atoms with van der Waals surface area (Å²) in [5.74, 6) is -2.12. The molecule has 0 spiro atoms. The van der Waals surface area contributed by atoms with E-state index in [1.165, 1.54) is 18.4 Å². The largest absolute Gasteiger partial charge is 0.481 e. The van der Waals surface area contributed by atoms with E-state index in [1.54, 1.807) is 18.4 Å². The number of thiophene rings is 1. The van der Waals surface area contributed by atoms with Gasteiger partial charge in [0.2, 0.25) is 0 Å². The van der Waals surface area contributed by atoms with Crippen molar-refractivity contribution < 1.29 is 24.2 Å². The fourth-order valence-corrected chi connectivity index (χ4v) is 2.25. The third kappa shape index (κ3) is 4.46. The second-order valence-electron chi connectivity index (χ2n) is 3.91. The van der Waals surface area contributed by atoms with E-state index in [-0.39, 0.29) is 6.42 Å². The van der Waals surface area contributed by atoms with Crippen LogP contribution in [0.3, 0.4) is 0 Å². The summed E-state index contributed by atoms with van der Waals surface area (Å²) in [4.78, 5) is 34.3. The van der Waals surface area contributed by atoms with Gasteiger partial charge in [0.1, 0.15) is 4.88 Å². The van der Waals surface area contributed by atoms with E-state index in [1.807, 2.05) is 0 Å². The standard InChI is InChI=1S/C12H15NO5S/c1-7-3-4-19-11(7)12(17)18-6-9(14)8(13-2)5-10(15)16/h3-4,8,13H,5-6H2,1-2H3,(H,15,16)/t8-/m0/s1. The molecule has 1 atom stereocenters. The first-order valence-electron chi connectivity index (χ1n) is 5.58. The van der Waals surface area contributed by atoms with Gasteiger partial charge in [-0.15, -0.1) is 11.3 Å². The van der Waals surface area contributed by atoms with Gasteiger partial charge in [-0.3, -0.25) is 9.59 Å². The van der Waals surface area contributed by atoms with Gasteiger partial charge in [0, 0.05) is 0 Å². The van der Waals surface area contributed by atoms with Crippen molar-refractivity contribution in [1.82, 2.24) is 5.32 Å². The molecule has 0 aliphatic carbocycles. The predicted molar refractivity (Wildman–Crippen MR) is 69.4 cm³/mol. The minimum Gasteiger partial charge on any atom is -0.481 e. The number of likely N-dealkylation sites (N-methyl/N-ethyl adjacent to an activating group) is 1. The molecule has 0 amide bonds. The zero-order valence-electron chi connectivity index (χ0n) is 10.6. The van der Waals surface area contributed by atoms with Crippen molar-refractivity contribution in [1.29, 1.82) is 0 Å². The maximum atomic E-state index is 11.7. The first-order valence-corrected chi connectivity index (χ1v) is 6.46. The van der Waals surface area contributed by atoms with Crippen LogP contribution in [0.2, 0.25) is 0 Å². The molecule has 1 heterocycles. The SMILES string of the molecule is CN[C@@H](CC(=O)O)C(=O)COC(=O)c1sccc1C. The molecule has 1 aromatic rings. The van der Waals surface area contributed by atoms with Crippen LogP contribution in [0.15, 0.2) is 11.4 Å². The number of hydrogen-bond acceptors (Lipinski definition) is 6. The highest BCUT2D eigenvalue weighted by molar-refractivity contribution is 7.12. The van der Waals surface area contributed by atoms with Gasteiger partial charge in [-0.1, -0.05) is 0 Å². The van der Waals surface area contributed by atoms with E-state index in [9.17, 15) is 14.4 Å². The molecule has 19 heavy (non-hydrogen) atoms. The lowest BCUT2D eigenvalue weighted by molar-refractivity contribution is -0.139. The zero-order valence-corrected chi connectivity index (χ0v) is 11.5. The fraction of sp³-hybridized carbons (Fsp3) is 0.417. The van der Waals surface area contributed by atoms with E-state index in [0.717, 1.165) is 5.56 Å². The van der Waals surface area contributed by atoms with E-state index in [0.29, 0.717) is 4.88 Å². The molecule has 7 heteroatoms. The van der Waals surface area contributed by atoms with Crippen molar-refractivity contribution in [2.24, 2.45) is 0 Å². The maximum Gasteiger partial charge on any atom is 0.349 e. The monoisotopic (exact) mass is 285 g/mol. The van der Waals surface area contributed by atoms with Crippen molar-refractivity contribution in [2.45, 2.75) is 19.4 Å². The molecular formula is C12H15NO5S. The average Bonchev–Trinajstić information content (AvgIpc) is 2.78. The number of ketones is 1. The smallest absolute Gasteiger partial charge is 0.349 e. The highest BCUT2D eigenvalue weighted by Crippen LogP contribution is 2.16. The van der Waals surface area contributed by atoms with Crippen LogP contribution in [0, 0.1) is 6.92 Å². The van der Waals surface area contributed by atoms with Crippen molar-refractivity contribution in [3.8, 4) is 0 Å². The molecule has 0 unspecified atom stereocenters. The average molecular weight is 285 g/mol. The number of carboxylic acid groups (broad SMARTS) is 1. The van der Waals surface area contributed by atoms with Gasteiger partial charge in [-0.05, 0) is 31.0 Å². The molecule has 2 N–H and O–H groups in total. The first-order chi connectivity index (χ1) is 8.95. The number of hydrogen-bond donors (Lipinski definition) is 2. The van der Waals surface area contributed by atoms with E-state index in [2.05, 4.69) is 5.32 Å². The third-order valence-electron chi connectivity index (χ3n) is 2.51. The van der Waals surface area contributed by atoms with Gasteiger partial charge in [-0.2, -0.15) is 0 Å². The summed E-state index contributed by atoms with van der Waals surface area (Å²) >= 11 is 1.24. The number of ether oxygens (including phenoxy) is 1. The van der Waals surface area contributed by atoms with Crippen molar-refractivity contribution >= 4 is 29.1 Å². The van der Waals surface area contributed by atoms with Crippen molar-refractivity contribution in [3.63, 3.8) is 0 Å². The van der Waals surface area contributed by atoms with Gasteiger partial charge >= 0.3 is 11.9 Å². The summed E-state index contributed by atoms with van der Waals surface area (Å²) in [6.07, 6.45) is -0.342. The van der Waals surface area contributed by atoms with Crippen LogP contribution >= 0.6 is 11.3 Å². The van der Waals surface area contributed by atoms with E-state index >= 15 is 0 Å². The molecule has 0 fully saturated rings. The fourth-order valence-electron chi connectivity index (χ4n) is 1.44. The van der Waals surface area contributed by atoms with Crippen LogP contribution in [0.1, 0.15) is 21.7 Å². The van der Waals surface area contributed by atoms with Gasteiger partial charge in [0.15, 0.2) is 12.4 Å². The molecule has 1 rings (SSSR count). The highest BCUT2D eigenvalue weighted by atomic mass is 32.1. The van der Waals surface area contributed by atoms with Crippen LogP contribution in [-0.4, -0.2) is 42.5 Å². The summed E-state index contributed by atoms with van der Waals surface area (Å²) in [6, 6.07) is 0.930. The Morgan fingerprint density at radius 2 is 2.16 bits per heavy atom. The number of aryl methyl sites for hydroxylation is 1. The Bertz CT molecular complexity index is 482. The molecule has 0 radical (unpaired) electrons. The molecule has 0 aliphatic rings. The van der Waals surface area contributed by atoms with Crippen LogP contribution in [0.25, 0.3) is 0 Å². The van der Waals surface area contributed by atoms with Crippen LogP contribution in [-0.2, 0) is 14.3 Å². The lowest BCUT2D eigenvalue weighted by Gasteiger charge is -2.12. The Morgan fingerprint density at radius 1 is 1.47 bits per heavy atom. The molecule has 1 aromatic heterocycles. The van der Waals surface area contributed by atoms with Gasteiger partial charge in [0.05, 0.1) is 12.5 Å². The molecule has 6 nitrogen and oxygen atoms in total. The lowest BCUT2D eigenvalue weighted by atomic mass is 10.1. The Morgan fingerprint density at radius 3 is 2.63 bits per heavy atom. The van der Waals surface area contributed by atoms with Crippen LogP contribution in [0.5, 0.6) is 0 Å². The number of aliphatic carboxylic acids is 1. The molecule has 0 aliphatic heterocycles. The molecule has 0 saturated heterocycles. The van der Waals surface area contributed by atoms with Crippen molar-refractivity contribution in [3.05, 3.63) is 21.9 Å². The number of nitrogens with one attached hydrogen (secondary N) is 1. The van der Waals surface area contributed by atoms with Crippen molar-refractivity contribution in [2.75, 3.05) is 13.7 Å². The summed E-state index contributed by atoms with van der Waals surface area (Å²) in [7, 11) is 1.48. The molecule has 0 saturated carbocycles. The number of esters is 1. The minimum absolute atomic E-state index is 0.342. The number of carbonyl (C=O) groups is 3. The third-order valence-corrected chi connectivity index (χ3v) is 3.51. The summed E-state index contributed by atoms with van der Waals surface area (Å²) in [6.45, 7) is 1.34. The zero-order chi connectivity index (χ0) is 14.4. The Kier molecular flexibility index (Phi) is 5.65. The van der Waals surface area contributed by atoms with E-state index < -0.39 is 30.4 Å². The predicted octanol–water partition coefficient (Wildman–Crippen LogP) is 0.845. The summed E-state index contributed by atoms with van der Waals surface area (Å²) in [5, 5.41) is 13.0. The highest BCUT2D eigenvalue weighted by Gasteiger charge is 2.22. The lowest BCUT2D eigenvalue weighted by Crippen LogP contribution is -2.38. The number of rotatable bonds is 7. The Hall–Kier alpha value is -1.73. The second-order valence-corrected chi connectivity index (χ2v) is 4.83. The quantitative estimate of drug-likeness (QED) is 0.721. The first kappa shape index (κ1) is 15.3. The molecule has 104 valence electrons. The topological polar surface area (TPSA) is 92.7 Å². The second kappa shape index (κ2) is 7.01. The van der Waals surface area contributed by atoms with E-state index in [4.69, 9.17) is 9.84 Å². The van der Waals surface area contributed by atoms with Crippen LogP contribution in [0.4, 0.5) is 0 Å². The maximum absolute atomic E-state index is 11.7. The summed E-state index contributed by atoms with van der Waals surface area (Å²) in [5.41, 5.74) is 0.790. The van der Waals surface area contributed by atoms with Crippen LogP contribution < -0.4 is 5.32 Å². The summed E-state index contributed by atoms with van der Waals surface area (Å²) < 4.78 is 4.88. The van der Waals surface area contributed by atoms with Gasteiger partial charge in [-0.25, -0.2) is 4.79 Å². The normalized spacial score (nSPS) is 11.9. The minimum atomic E-state index is -1.09.